The van der Waals surface area contributed by atoms with E-state index in [9.17, 15) is 8.42 Å². The van der Waals surface area contributed by atoms with Gasteiger partial charge in [0.2, 0.25) is 10.0 Å². The number of hydrogen-bond acceptors (Lipinski definition) is 4. The minimum Gasteiger partial charge on any atom is -0.495 e. The topological polar surface area (TPSA) is 72.6 Å². The Morgan fingerprint density at radius 2 is 2.05 bits per heavy atom. The zero-order valence-corrected chi connectivity index (χ0v) is 12.8. The van der Waals surface area contributed by atoms with Gasteiger partial charge in [0.15, 0.2) is 0 Å². The second-order valence-electron chi connectivity index (χ2n) is 5.35. The molecule has 112 valence electrons. The van der Waals surface area contributed by atoms with Gasteiger partial charge in [-0.15, -0.1) is 0 Å². The number of methoxy groups -OCH3 is 1. The van der Waals surface area contributed by atoms with Gasteiger partial charge in [0.25, 0.3) is 0 Å². The molecule has 20 heavy (non-hydrogen) atoms. The molecule has 1 unspecified atom stereocenters. The molecule has 1 aromatic carbocycles. The number of anilines is 1. The molecular weight excluding hydrogens is 276 g/mol. The number of nitrogen functional groups attached to an aromatic ring is 1. The average molecular weight is 298 g/mol. The van der Waals surface area contributed by atoms with Crippen LogP contribution < -0.4 is 10.5 Å². The summed E-state index contributed by atoms with van der Waals surface area (Å²) in [5, 5.41) is 0. The van der Waals surface area contributed by atoms with Crippen LogP contribution in [0.15, 0.2) is 23.1 Å². The SMILES string of the molecule is COc1ccc(N)cc1S(=O)(=O)N1CCCC(C)CC1. The van der Waals surface area contributed by atoms with Gasteiger partial charge in [0, 0.05) is 18.8 Å². The molecule has 1 aromatic rings. The second kappa shape index (κ2) is 6.01. The second-order valence-corrected chi connectivity index (χ2v) is 7.26. The fourth-order valence-corrected chi connectivity index (χ4v) is 4.19. The van der Waals surface area contributed by atoms with Crippen LogP contribution in [0.3, 0.4) is 0 Å². The van der Waals surface area contributed by atoms with Crippen molar-refractivity contribution in [1.29, 1.82) is 0 Å². The Morgan fingerprint density at radius 3 is 2.75 bits per heavy atom. The predicted molar refractivity (Wildman–Crippen MR) is 79.2 cm³/mol. The molecule has 1 atom stereocenters. The maximum Gasteiger partial charge on any atom is 0.246 e. The van der Waals surface area contributed by atoms with E-state index in [-0.39, 0.29) is 4.90 Å². The zero-order chi connectivity index (χ0) is 14.8. The molecule has 0 radical (unpaired) electrons. The number of nitrogens with two attached hydrogens (primary N) is 1. The van der Waals surface area contributed by atoms with Crippen LogP contribution in [-0.4, -0.2) is 32.9 Å². The maximum absolute atomic E-state index is 12.8. The molecular formula is C14H22N2O3S. The Hall–Kier alpha value is -1.27. The smallest absolute Gasteiger partial charge is 0.246 e. The van der Waals surface area contributed by atoms with Crippen LogP contribution >= 0.6 is 0 Å². The largest absolute Gasteiger partial charge is 0.495 e. The number of ether oxygens (including phenoxy) is 1. The molecule has 0 bridgehead atoms. The quantitative estimate of drug-likeness (QED) is 0.867. The molecule has 1 heterocycles. The molecule has 1 fully saturated rings. The Labute approximate surface area is 120 Å². The molecule has 0 amide bonds. The van der Waals surface area contributed by atoms with Crippen molar-refractivity contribution >= 4 is 15.7 Å². The molecule has 0 aromatic heterocycles. The monoisotopic (exact) mass is 298 g/mol. The van der Waals surface area contributed by atoms with Gasteiger partial charge >= 0.3 is 0 Å². The first-order valence-corrected chi connectivity index (χ1v) is 8.33. The fraction of sp³-hybridized carbons (Fsp3) is 0.571. The van der Waals surface area contributed by atoms with E-state index in [1.165, 1.54) is 13.2 Å². The summed E-state index contributed by atoms with van der Waals surface area (Å²) in [6, 6.07) is 4.72. The van der Waals surface area contributed by atoms with Gasteiger partial charge in [-0.1, -0.05) is 6.92 Å². The molecule has 1 aliphatic heterocycles. The van der Waals surface area contributed by atoms with Gasteiger partial charge in [0.1, 0.15) is 10.6 Å². The first-order valence-electron chi connectivity index (χ1n) is 6.89. The highest BCUT2D eigenvalue weighted by Crippen LogP contribution is 2.30. The Bertz CT molecular complexity index is 572. The van der Waals surface area contributed by atoms with E-state index in [1.54, 1.807) is 16.4 Å². The number of rotatable bonds is 3. The van der Waals surface area contributed by atoms with E-state index in [2.05, 4.69) is 6.92 Å². The summed E-state index contributed by atoms with van der Waals surface area (Å²) in [5.74, 6) is 0.912. The Morgan fingerprint density at radius 1 is 1.30 bits per heavy atom. The van der Waals surface area contributed by atoms with Crippen molar-refractivity contribution in [2.45, 2.75) is 31.1 Å². The maximum atomic E-state index is 12.8. The predicted octanol–water partition coefficient (Wildman–Crippen LogP) is 2.09. The lowest BCUT2D eigenvalue weighted by Crippen LogP contribution is -2.32. The zero-order valence-electron chi connectivity index (χ0n) is 12.0. The van der Waals surface area contributed by atoms with Crippen LogP contribution in [0.5, 0.6) is 5.75 Å². The first-order chi connectivity index (χ1) is 9.45. The molecule has 1 saturated heterocycles. The van der Waals surface area contributed by atoms with Gasteiger partial charge in [-0.2, -0.15) is 4.31 Å². The fourth-order valence-electron chi connectivity index (χ4n) is 2.51. The first kappa shape index (κ1) is 15.1. The van der Waals surface area contributed by atoms with Crippen molar-refractivity contribution in [1.82, 2.24) is 4.31 Å². The lowest BCUT2D eigenvalue weighted by molar-refractivity contribution is 0.390. The average Bonchev–Trinajstić information content (AvgIpc) is 2.64. The van der Waals surface area contributed by atoms with E-state index in [0.29, 0.717) is 30.4 Å². The summed E-state index contributed by atoms with van der Waals surface area (Å²) < 4.78 is 32.3. The Kier molecular flexibility index (Phi) is 4.55. The molecule has 0 aliphatic carbocycles. The number of hydrogen-bond donors (Lipinski definition) is 1. The molecule has 2 N–H and O–H groups in total. The highest BCUT2D eigenvalue weighted by atomic mass is 32.2. The van der Waals surface area contributed by atoms with Gasteiger partial charge in [-0.3, -0.25) is 0 Å². The summed E-state index contributed by atoms with van der Waals surface area (Å²) >= 11 is 0. The molecule has 5 nitrogen and oxygen atoms in total. The normalized spacial score (nSPS) is 21.4. The van der Waals surface area contributed by atoms with E-state index < -0.39 is 10.0 Å². The lowest BCUT2D eigenvalue weighted by Gasteiger charge is -2.21. The van der Waals surface area contributed by atoms with Crippen molar-refractivity contribution in [2.75, 3.05) is 25.9 Å². The van der Waals surface area contributed by atoms with Crippen LogP contribution in [0.1, 0.15) is 26.2 Å². The Balaban J connectivity index is 2.36. The van der Waals surface area contributed by atoms with E-state index >= 15 is 0 Å². The van der Waals surface area contributed by atoms with Crippen molar-refractivity contribution in [2.24, 2.45) is 5.92 Å². The summed E-state index contributed by atoms with van der Waals surface area (Å²) in [7, 11) is -2.08. The molecule has 0 saturated carbocycles. The summed E-state index contributed by atoms with van der Waals surface area (Å²) in [5.41, 5.74) is 6.15. The number of nitrogens with zero attached hydrogens (tertiary/aromatic N) is 1. The van der Waals surface area contributed by atoms with Crippen LogP contribution in [-0.2, 0) is 10.0 Å². The summed E-state index contributed by atoms with van der Waals surface area (Å²) in [6.45, 7) is 3.28. The van der Waals surface area contributed by atoms with Gasteiger partial charge in [0.05, 0.1) is 7.11 Å². The standard InChI is InChI=1S/C14H22N2O3S/c1-11-4-3-8-16(9-7-11)20(17,18)14-10-12(15)5-6-13(14)19-2/h5-6,10-11H,3-4,7-9,15H2,1-2H3. The third-order valence-electron chi connectivity index (χ3n) is 3.78. The molecule has 2 rings (SSSR count). The molecule has 0 spiro atoms. The summed E-state index contributed by atoms with van der Waals surface area (Å²) in [6.07, 6.45) is 2.86. The van der Waals surface area contributed by atoms with Crippen molar-refractivity contribution in [3.8, 4) is 5.75 Å². The minimum absolute atomic E-state index is 0.162. The van der Waals surface area contributed by atoms with E-state index in [0.717, 1.165) is 19.3 Å². The van der Waals surface area contributed by atoms with Crippen molar-refractivity contribution in [3.05, 3.63) is 18.2 Å². The highest BCUT2D eigenvalue weighted by Gasteiger charge is 2.29. The minimum atomic E-state index is -3.55. The van der Waals surface area contributed by atoms with Crippen LogP contribution in [0.4, 0.5) is 5.69 Å². The van der Waals surface area contributed by atoms with Gasteiger partial charge in [-0.05, 0) is 43.4 Å². The molecule has 1 aliphatic rings. The number of benzene rings is 1. The van der Waals surface area contributed by atoms with E-state index in [4.69, 9.17) is 10.5 Å². The van der Waals surface area contributed by atoms with Gasteiger partial charge in [-0.25, -0.2) is 8.42 Å². The number of sulfonamides is 1. The van der Waals surface area contributed by atoms with Crippen LogP contribution in [0, 0.1) is 5.92 Å². The third kappa shape index (κ3) is 3.07. The van der Waals surface area contributed by atoms with Crippen molar-refractivity contribution in [3.63, 3.8) is 0 Å². The third-order valence-corrected chi connectivity index (χ3v) is 5.70. The molecule has 6 heteroatoms. The highest BCUT2D eigenvalue weighted by molar-refractivity contribution is 7.89. The van der Waals surface area contributed by atoms with Gasteiger partial charge < -0.3 is 10.5 Å². The lowest BCUT2D eigenvalue weighted by atomic mass is 10.0. The van der Waals surface area contributed by atoms with E-state index in [1.807, 2.05) is 0 Å². The van der Waals surface area contributed by atoms with Crippen LogP contribution in [0.2, 0.25) is 0 Å². The van der Waals surface area contributed by atoms with Crippen LogP contribution in [0.25, 0.3) is 0 Å². The summed E-state index contributed by atoms with van der Waals surface area (Å²) in [4.78, 5) is 0.162. The van der Waals surface area contributed by atoms with Crippen molar-refractivity contribution < 1.29 is 13.2 Å².